The molecule has 0 spiro atoms. The minimum absolute atomic E-state index is 0.0525. The predicted molar refractivity (Wildman–Crippen MR) is 44.4 cm³/mol. The first-order chi connectivity index (χ1) is 5.27. The van der Waals surface area contributed by atoms with E-state index in [0.717, 1.165) is 32.4 Å². The molecular formula is C8H17NO2. The van der Waals surface area contributed by atoms with Crippen LogP contribution in [0.1, 0.15) is 26.2 Å². The van der Waals surface area contributed by atoms with E-state index in [1.165, 1.54) is 6.92 Å². The highest BCUT2D eigenvalue weighted by Crippen LogP contribution is 1.93. The van der Waals surface area contributed by atoms with E-state index in [-0.39, 0.29) is 5.91 Å². The monoisotopic (exact) mass is 159 g/mol. The lowest BCUT2D eigenvalue weighted by Crippen LogP contribution is -2.20. The van der Waals surface area contributed by atoms with Crippen LogP contribution in [0.3, 0.4) is 0 Å². The standard InChI is InChI=1S/C8H17NO2/c1-8(10)9-6-4-3-5-7-11-2/h3-7H2,1-2H3,(H,9,10). The molecule has 0 aromatic heterocycles. The van der Waals surface area contributed by atoms with Gasteiger partial charge in [0.15, 0.2) is 0 Å². The quantitative estimate of drug-likeness (QED) is 0.586. The van der Waals surface area contributed by atoms with Gasteiger partial charge in [0.25, 0.3) is 0 Å². The Balaban J connectivity index is 2.85. The molecule has 1 amide bonds. The third-order valence-electron chi connectivity index (χ3n) is 1.40. The van der Waals surface area contributed by atoms with Crippen molar-refractivity contribution in [2.45, 2.75) is 26.2 Å². The van der Waals surface area contributed by atoms with Gasteiger partial charge >= 0.3 is 0 Å². The molecule has 0 aromatic carbocycles. The summed E-state index contributed by atoms with van der Waals surface area (Å²) in [5, 5.41) is 2.74. The van der Waals surface area contributed by atoms with Crippen LogP contribution in [0.25, 0.3) is 0 Å². The number of rotatable bonds is 6. The molecule has 11 heavy (non-hydrogen) atoms. The zero-order chi connectivity index (χ0) is 8.53. The number of ether oxygens (including phenoxy) is 1. The van der Waals surface area contributed by atoms with E-state index < -0.39 is 0 Å². The first-order valence-corrected chi connectivity index (χ1v) is 4.00. The molecule has 3 nitrogen and oxygen atoms in total. The Morgan fingerprint density at radius 2 is 2.09 bits per heavy atom. The highest BCUT2D eigenvalue weighted by molar-refractivity contribution is 5.72. The molecule has 0 aliphatic carbocycles. The molecular weight excluding hydrogens is 142 g/mol. The molecule has 0 fully saturated rings. The lowest BCUT2D eigenvalue weighted by molar-refractivity contribution is -0.118. The summed E-state index contributed by atoms with van der Waals surface area (Å²) in [5.74, 6) is 0.0525. The van der Waals surface area contributed by atoms with Crippen LogP contribution in [0.15, 0.2) is 0 Å². The average molecular weight is 159 g/mol. The van der Waals surface area contributed by atoms with Gasteiger partial charge in [0.2, 0.25) is 5.91 Å². The van der Waals surface area contributed by atoms with Crippen molar-refractivity contribution in [3.05, 3.63) is 0 Å². The van der Waals surface area contributed by atoms with Gasteiger partial charge in [-0.25, -0.2) is 0 Å². The van der Waals surface area contributed by atoms with Crippen molar-refractivity contribution in [3.8, 4) is 0 Å². The second-order valence-electron chi connectivity index (χ2n) is 2.54. The molecule has 0 aliphatic heterocycles. The van der Waals surface area contributed by atoms with E-state index in [9.17, 15) is 4.79 Å². The zero-order valence-corrected chi connectivity index (χ0v) is 7.35. The Morgan fingerprint density at radius 3 is 2.64 bits per heavy atom. The van der Waals surface area contributed by atoms with Crippen LogP contribution < -0.4 is 5.32 Å². The molecule has 3 heteroatoms. The van der Waals surface area contributed by atoms with E-state index in [1.807, 2.05) is 0 Å². The van der Waals surface area contributed by atoms with E-state index in [1.54, 1.807) is 7.11 Å². The van der Waals surface area contributed by atoms with Gasteiger partial charge in [-0.15, -0.1) is 0 Å². The maximum atomic E-state index is 10.4. The molecule has 0 saturated carbocycles. The highest BCUT2D eigenvalue weighted by atomic mass is 16.5. The number of hydrogen-bond acceptors (Lipinski definition) is 2. The maximum Gasteiger partial charge on any atom is 0.216 e. The fourth-order valence-corrected chi connectivity index (χ4v) is 0.813. The number of carbonyl (C=O) groups excluding carboxylic acids is 1. The second kappa shape index (κ2) is 7.54. The summed E-state index contributed by atoms with van der Waals surface area (Å²) < 4.78 is 4.88. The van der Waals surface area contributed by atoms with Crippen molar-refractivity contribution in [2.24, 2.45) is 0 Å². The number of methoxy groups -OCH3 is 1. The van der Waals surface area contributed by atoms with Crippen molar-refractivity contribution in [2.75, 3.05) is 20.3 Å². The van der Waals surface area contributed by atoms with Crippen molar-refractivity contribution in [3.63, 3.8) is 0 Å². The third kappa shape index (κ3) is 9.43. The summed E-state index contributed by atoms with van der Waals surface area (Å²) in [6, 6.07) is 0. The van der Waals surface area contributed by atoms with Crippen LogP contribution in [0.2, 0.25) is 0 Å². The molecule has 0 unspecified atom stereocenters. The van der Waals surface area contributed by atoms with E-state index in [0.29, 0.717) is 0 Å². The van der Waals surface area contributed by atoms with Gasteiger partial charge in [-0.3, -0.25) is 4.79 Å². The van der Waals surface area contributed by atoms with Crippen molar-refractivity contribution in [1.29, 1.82) is 0 Å². The smallest absolute Gasteiger partial charge is 0.216 e. The molecule has 0 radical (unpaired) electrons. The van der Waals surface area contributed by atoms with E-state index in [2.05, 4.69) is 5.32 Å². The molecule has 0 rings (SSSR count). The lowest BCUT2D eigenvalue weighted by Gasteiger charge is -2.00. The SMILES string of the molecule is COCCCCCNC(C)=O. The van der Waals surface area contributed by atoms with Gasteiger partial charge in [0.05, 0.1) is 0 Å². The zero-order valence-electron chi connectivity index (χ0n) is 7.35. The summed E-state index contributed by atoms with van der Waals surface area (Å²) in [5.41, 5.74) is 0. The summed E-state index contributed by atoms with van der Waals surface area (Å²) in [4.78, 5) is 10.4. The van der Waals surface area contributed by atoms with Gasteiger partial charge < -0.3 is 10.1 Å². The minimum atomic E-state index is 0.0525. The Kier molecular flexibility index (Phi) is 7.15. The Labute approximate surface area is 68.1 Å². The van der Waals surface area contributed by atoms with Gasteiger partial charge in [-0.2, -0.15) is 0 Å². The van der Waals surface area contributed by atoms with Crippen molar-refractivity contribution >= 4 is 5.91 Å². The number of hydrogen-bond donors (Lipinski definition) is 1. The summed E-state index contributed by atoms with van der Waals surface area (Å²) in [6.45, 7) is 3.15. The number of nitrogens with one attached hydrogen (secondary N) is 1. The van der Waals surface area contributed by atoms with Gasteiger partial charge in [0, 0.05) is 27.2 Å². The molecule has 0 aromatic rings. The van der Waals surface area contributed by atoms with Crippen LogP contribution in [0, 0.1) is 0 Å². The van der Waals surface area contributed by atoms with Crippen LogP contribution in [-0.4, -0.2) is 26.2 Å². The van der Waals surface area contributed by atoms with E-state index >= 15 is 0 Å². The average Bonchev–Trinajstić information content (AvgIpc) is 1.96. The molecule has 0 atom stereocenters. The summed E-state index contributed by atoms with van der Waals surface area (Å²) in [7, 11) is 1.70. The normalized spacial score (nSPS) is 9.64. The van der Waals surface area contributed by atoms with E-state index in [4.69, 9.17) is 4.74 Å². The van der Waals surface area contributed by atoms with Crippen LogP contribution in [0.5, 0.6) is 0 Å². The van der Waals surface area contributed by atoms with Gasteiger partial charge in [-0.1, -0.05) is 0 Å². The van der Waals surface area contributed by atoms with Crippen LogP contribution in [0.4, 0.5) is 0 Å². The third-order valence-corrected chi connectivity index (χ3v) is 1.40. The predicted octanol–water partition coefficient (Wildman–Crippen LogP) is 0.939. The largest absolute Gasteiger partial charge is 0.385 e. The fourth-order valence-electron chi connectivity index (χ4n) is 0.813. The molecule has 66 valence electrons. The first-order valence-electron chi connectivity index (χ1n) is 4.00. The fraction of sp³-hybridized carbons (Fsp3) is 0.875. The molecule has 1 N–H and O–H groups in total. The van der Waals surface area contributed by atoms with Crippen molar-refractivity contribution < 1.29 is 9.53 Å². The van der Waals surface area contributed by atoms with Crippen LogP contribution in [-0.2, 0) is 9.53 Å². The molecule has 0 aliphatic rings. The van der Waals surface area contributed by atoms with Crippen LogP contribution >= 0.6 is 0 Å². The molecule has 0 saturated heterocycles. The lowest BCUT2D eigenvalue weighted by atomic mass is 10.2. The Morgan fingerprint density at radius 1 is 1.36 bits per heavy atom. The molecule has 0 bridgehead atoms. The number of amides is 1. The number of carbonyl (C=O) groups is 1. The van der Waals surface area contributed by atoms with Crippen molar-refractivity contribution in [1.82, 2.24) is 5.32 Å². The summed E-state index contributed by atoms with van der Waals surface area (Å²) in [6.07, 6.45) is 3.24. The second-order valence-corrected chi connectivity index (χ2v) is 2.54. The van der Waals surface area contributed by atoms with Gasteiger partial charge in [-0.05, 0) is 19.3 Å². The Bertz CT molecular complexity index is 104. The van der Waals surface area contributed by atoms with Gasteiger partial charge in [0.1, 0.15) is 0 Å². The molecule has 0 heterocycles. The highest BCUT2D eigenvalue weighted by Gasteiger charge is 1.90. The topological polar surface area (TPSA) is 38.3 Å². The first kappa shape index (κ1) is 10.4. The minimum Gasteiger partial charge on any atom is -0.385 e. The number of unbranched alkanes of at least 4 members (excludes halogenated alkanes) is 2. The maximum absolute atomic E-state index is 10.4. The Hall–Kier alpha value is -0.570. The summed E-state index contributed by atoms with van der Waals surface area (Å²) >= 11 is 0.